The minimum atomic E-state index is 0.0771. The molecular formula is C13H13BrN6. The van der Waals surface area contributed by atoms with Crippen LogP contribution < -0.4 is 11.1 Å². The van der Waals surface area contributed by atoms with Gasteiger partial charge in [-0.1, -0.05) is 28.1 Å². The normalized spacial score (nSPS) is 12.5. The Hall–Kier alpha value is -2.15. The molecule has 0 saturated carbocycles. The van der Waals surface area contributed by atoms with E-state index in [1.54, 1.807) is 6.33 Å². The van der Waals surface area contributed by atoms with E-state index in [1.165, 1.54) is 0 Å². The van der Waals surface area contributed by atoms with E-state index in [0.29, 0.717) is 11.5 Å². The van der Waals surface area contributed by atoms with Crippen LogP contribution in [-0.2, 0) is 0 Å². The molecular weight excluding hydrogens is 320 g/mol. The molecule has 0 fully saturated rings. The molecule has 0 saturated heterocycles. The molecule has 3 rings (SSSR count). The smallest absolute Gasteiger partial charge is 0.224 e. The molecule has 0 aliphatic carbocycles. The predicted molar refractivity (Wildman–Crippen MR) is 82.3 cm³/mol. The SMILES string of the molecule is CC(Nc1nc(N)nc2nc[nH]c12)c1cccc(Br)c1. The van der Waals surface area contributed by atoms with Gasteiger partial charge in [0.1, 0.15) is 5.52 Å². The van der Waals surface area contributed by atoms with Gasteiger partial charge in [-0.3, -0.25) is 0 Å². The van der Waals surface area contributed by atoms with Crippen molar-refractivity contribution in [3.05, 3.63) is 40.6 Å². The molecule has 1 aromatic carbocycles. The van der Waals surface area contributed by atoms with Crippen molar-refractivity contribution < 1.29 is 0 Å². The Balaban J connectivity index is 1.94. The fraction of sp³-hybridized carbons (Fsp3) is 0.154. The van der Waals surface area contributed by atoms with Crippen molar-refractivity contribution >= 4 is 38.9 Å². The first kappa shape index (κ1) is 12.9. The Labute approximate surface area is 124 Å². The molecule has 4 N–H and O–H groups in total. The Kier molecular flexibility index (Phi) is 3.27. The zero-order valence-corrected chi connectivity index (χ0v) is 12.3. The van der Waals surface area contributed by atoms with Crippen molar-refractivity contribution in [2.45, 2.75) is 13.0 Å². The van der Waals surface area contributed by atoms with Crippen molar-refractivity contribution in [2.24, 2.45) is 0 Å². The summed E-state index contributed by atoms with van der Waals surface area (Å²) in [6.07, 6.45) is 1.58. The zero-order chi connectivity index (χ0) is 14.1. The molecule has 0 amide bonds. The molecule has 0 radical (unpaired) electrons. The number of anilines is 2. The predicted octanol–water partition coefficient (Wildman–Crippen LogP) is 2.87. The maximum absolute atomic E-state index is 5.70. The monoisotopic (exact) mass is 332 g/mol. The number of hydrogen-bond donors (Lipinski definition) is 3. The molecule has 102 valence electrons. The molecule has 0 bridgehead atoms. The van der Waals surface area contributed by atoms with Gasteiger partial charge in [-0.05, 0) is 24.6 Å². The first-order chi connectivity index (χ1) is 9.63. The maximum Gasteiger partial charge on any atom is 0.224 e. The molecule has 20 heavy (non-hydrogen) atoms. The second kappa shape index (κ2) is 5.09. The highest BCUT2D eigenvalue weighted by atomic mass is 79.9. The minimum Gasteiger partial charge on any atom is -0.368 e. The largest absolute Gasteiger partial charge is 0.368 e. The van der Waals surface area contributed by atoms with E-state index in [1.807, 2.05) is 12.1 Å². The fourth-order valence-corrected chi connectivity index (χ4v) is 2.44. The van der Waals surface area contributed by atoms with E-state index >= 15 is 0 Å². The molecule has 6 nitrogen and oxygen atoms in total. The topological polar surface area (TPSA) is 92.5 Å². The lowest BCUT2D eigenvalue weighted by molar-refractivity contribution is 0.875. The first-order valence-electron chi connectivity index (χ1n) is 6.12. The fourth-order valence-electron chi connectivity index (χ4n) is 2.02. The highest BCUT2D eigenvalue weighted by Crippen LogP contribution is 2.24. The number of fused-ring (bicyclic) bond motifs is 1. The quantitative estimate of drug-likeness (QED) is 0.685. The van der Waals surface area contributed by atoms with Gasteiger partial charge < -0.3 is 16.0 Å². The average Bonchev–Trinajstić information content (AvgIpc) is 2.86. The van der Waals surface area contributed by atoms with Crippen molar-refractivity contribution in [3.8, 4) is 0 Å². The number of rotatable bonds is 3. The van der Waals surface area contributed by atoms with Crippen LogP contribution in [0.2, 0.25) is 0 Å². The summed E-state index contributed by atoms with van der Waals surface area (Å²) in [5, 5.41) is 3.33. The third-order valence-corrected chi connectivity index (χ3v) is 3.50. The summed E-state index contributed by atoms with van der Waals surface area (Å²) in [5.41, 5.74) is 8.15. The number of nitrogen functional groups attached to an aromatic ring is 1. The van der Waals surface area contributed by atoms with Crippen molar-refractivity contribution in [1.29, 1.82) is 0 Å². The summed E-state index contributed by atoms with van der Waals surface area (Å²) in [6.45, 7) is 2.06. The van der Waals surface area contributed by atoms with E-state index in [0.717, 1.165) is 15.6 Å². The van der Waals surface area contributed by atoms with Gasteiger partial charge in [0.2, 0.25) is 5.95 Å². The highest BCUT2D eigenvalue weighted by Gasteiger charge is 2.12. The second-order valence-electron chi connectivity index (χ2n) is 4.45. The third-order valence-electron chi connectivity index (χ3n) is 3.00. The summed E-state index contributed by atoms with van der Waals surface area (Å²) in [6, 6.07) is 8.18. The van der Waals surface area contributed by atoms with E-state index < -0.39 is 0 Å². The number of nitrogens with zero attached hydrogens (tertiary/aromatic N) is 3. The van der Waals surface area contributed by atoms with Crippen LogP contribution in [0.5, 0.6) is 0 Å². The standard InChI is InChI=1S/C13H13BrN6/c1-7(8-3-2-4-9(14)5-8)18-12-10-11(17-6-16-10)19-13(15)20-12/h2-7H,1H3,(H4,15,16,17,18,19,20). The first-order valence-corrected chi connectivity index (χ1v) is 6.91. The zero-order valence-electron chi connectivity index (χ0n) is 10.8. The molecule has 0 spiro atoms. The van der Waals surface area contributed by atoms with E-state index in [2.05, 4.69) is 60.2 Å². The molecule has 7 heteroatoms. The van der Waals surface area contributed by atoms with Gasteiger partial charge in [-0.2, -0.15) is 9.97 Å². The number of benzene rings is 1. The number of halogens is 1. The third kappa shape index (κ3) is 2.44. The van der Waals surface area contributed by atoms with Crippen molar-refractivity contribution in [2.75, 3.05) is 11.1 Å². The van der Waals surface area contributed by atoms with Gasteiger partial charge in [0.15, 0.2) is 11.5 Å². The lowest BCUT2D eigenvalue weighted by Crippen LogP contribution is -2.10. The number of nitrogens with one attached hydrogen (secondary N) is 2. The number of H-pyrrole nitrogens is 1. The average molecular weight is 333 g/mol. The lowest BCUT2D eigenvalue weighted by Gasteiger charge is -2.15. The van der Waals surface area contributed by atoms with Crippen LogP contribution in [-0.4, -0.2) is 19.9 Å². The van der Waals surface area contributed by atoms with Crippen LogP contribution in [0, 0.1) is 0 Å². The summed E-state index contributed by atoms with van der Waals surface area (Å²) in [5.74, 6) is 0.853. The highest BCUT2D eigenvalue weighted by molar-refractivity contribution is 9.10. The van der Waals surface area contributed by atoms with Crippen LogP contribution >= 0.6 is 15.9 Å². The molecule has 1 atom stereocenters. The Bertz CT molecular complexity index is 753. The Morgan fingerprint density at radius 1 is 1.35 bits per heavy atom. The Morgan fingerprint density at radius 2 is 2.20 bits per heavy atom. The molecule has 0 aliphatic rings. The van der Waals surface area contributed by atoms with Crippen LogP contribution in [0.4, 0.5) is 11.8 Å². The van der Waals surface area contributed by atoms with Crippen molar-refractivity contribution in [3.63, 3.8) is 0 Å². The van der Waals surface area contributed by atoms with Gasteiger partial charge in [0.05, 0.1) is 12.4 Å². The van der Waals surface area contributed by atoms with Crippen molar-refractivity contribution in [1.82, 2.24) is 19.9 Å². The summed E-state index contributed by atoms with van der Waals surface area (Å²) < 4.78 is 1.04. The van der Waals surface area contributed by atoms with Crippen LogP contribution in [0.25, 0.3) is 11.2 Å². The minimum absolute atomic E-state index is 0.0771. The van der Waals surface area contributed by atoms with Crippen LogP contribution in [0.1, 0.15) is 18.5 Å². The number of aromatic amines is 1. The number of nitrogens with two attached hydrogens (primary N) is 1. The second-order valence-corrected chi connectivity index (χ2v) is 5.37. The van der Waals surface area contributed by atoms with Crippen LogP contribution in [0.3, 0.4) is 0 Å². The summed E-state index contributed by atoms with van der Waals surface area (Å²) in [4.78, 5) is 15.4. The maximum atomic E-state index is 5.70. The lowest BCUT2D eigenvalue weighted by atomic mass is 10.1. The molecule has 1 unspecified atom stereocenters. The summed E-state index contributed by atoms with van der Waals surface area (Å²) >= 11 is 3.47. The summed E-state index contributed by atoms with van der Waals surface area (Å²) in [7, 11) is 0. The van der Waals surface area contributed by atoms with Gasteiger partial charge in [0, 0.05) is 4.47 Å². The number of aromatic nitrogens is 4. The van der Waals surface area contributed by atoms with Crippen LogP contribution in [0.15, 0.2) is 35.1 Å². The number of imidazole rings is 1. The molecule has 2 heterocycles. The van der Waals surface area contributed by atoms with E-state index in [4.69, 9.17) is 5.73 Å². The van der Waals surface area contributed by atoms with Gasteiger partial charge in [-0.15, -0.1) is 0 Å². The van der Waals surface area contributed by atoms with Gasteiger partial charge in [-0.25, -0.2) is 4.98 Å². The molecule has 2 aromatic heterocycles. The van der Waals surface area contributed by atoms with Gasteiger partial charge in [0.25, 0.3) is 0 Å². The van der Waals surface area contributed by atoms with E-state index in [9.17, 15) is 0 Å². The van der Waals surface area contributed by atoms with Gasteiger partial charge >= 0.3 is 0 Å². The number of hydrogen-bond acceptors (Lipinski definition) is 5. The van der Waals surface area contributed by atoms with E-state index in [-0.39, 0.29) is 12.0 Å². The molecule has 0 aliphatic heterocycles. The Morgan fingerprint density at radius 3 is 3.00 bits per heavy atom. The molecule has 3 aromatic rings.